The number of allylic oxidation sites excluding steroid dienone is 3. The molecular weight excluding hydrogens is 340 g/mol. The summed E-state index contributed by atoms with van der Waals surface area (Å²) < 4.78 is 51.9. The van der Waals surface area contributed by atoms with Crippen LogP contribution in [-0.2, 0) is 7.05 Å². The lowest BCUT2D eigenvalue weighted by atomic mass is 9.99. The monoisotopic (exact) mass is 372 g/mol. The topological polar surface area (TPSA) is 7.94 Å². The van der Waals surface area contributed by atoms with Crippen molar-refractivity contribution in [1.29, 1.82) is 0 Å². The minimum Gasteiger partial charge on any atom is -0.298 e. The molecular formula is C26H26N2. The van der Waals surface area contributed by atoms with Crippen LogP contribution in [-0.4, -0.2) is 4.57 Å². The Bertz CT molecular complexity index is 1390. The van der Waals surface area contributed by atoms with Gasteiger partial charge in [-0.2, -0.15) is 0 Å². The van der Waals surface area contributed by atoms with Crippen LogP contribution < -0.4 is 10.1 Å². The molecule has 0 N–H and O–H groups in total. The van der Waals surface area contributed by atoms with Crippen molar-refractivity contribution in [1.82, 2.24) is 9.14 Å². The summed E-state index contributed by atoms with van der Waals surface area (Å²) >= 11 is 0. The van der Waals surface area contributed by atoms with Crippen LogP contribution in [0.15, 0.2) is 72.4 Å². The molecule has 0 amide bonds. The van der Waals surface area contributed by atoms with Gasteiger partial charge in [0.25, 0.3) is 0 Å². The number of hydrogen-bond acceptors (Lipinski definition) is 0. The van der Waals surface area contributed by atoms with E-state index in [9.17, 15) is 0 Å². The smallest absolute Gasteiger partial charge is 0.223 e. The molecule has 2 nitrogen and oxygen atoms in total. The second-order valence-corrected chi connectivity index (χ2v) is 6.93. The summed E-state index contributed by atoms with van der Waals surface area (Å²) in [5, 5.41) is 0. The van der Waals surface area contributed by atoms with Gasteiger partial charge in [-0.15, -0.1) is 11.6 Å². The summed E-state index contributed by atoms with van der Waals surface area (Å²) in [7, 11) is 1.79. The van der Waals surface area contributed by atoms with Gasteiger partial charge in [0.05, 0.1) is 19.4 Å². The first-order chi connectivity index (χ1) is 15.9. The van der Waals surface area contributed by atoms with Gasteiger partial charge in [-0.3, -0.25) is 9.14 Å². The molecule has 2 aromatic carbocycles. The lowest BCUT2D eigenvalue weighted by Crippen LogP contribution is -2.30. The predicted molar refractivity (Wildman–Crippen MR) is 118 cm³/mol. The van der Waals surface area contributed by atoms with Gasteiger partial charge in [0.2, 0.25) is 5.49 Å². The molecule has 1 aliphatic rings. The van der Waals surface area contributed by atoms with Crippen LogP contribution in [0.25, 0.3) is 16.7 Å². The van der Waals surface area contributed by atoms with Crippen LogP contribution in [0.5, 0.6) is 0 Å². The van der Waals surface area contributed by atoms with E-state index in [0.717, 1.165) is 22.4 Å². The minimum absolute atomic E-state index is 0.229. The van der Waals surface area contributed by atoms with E-state index in [0.29, 0.717) is 16.6 Å². The van der Waals surface area contributed by atoms with Crippen molar-refractivity contribution in [2.45, 2.75) is 27.6 Å². The van der Waals surface area contributed by atoms with E-state index in [-0.39, 0.29) is 11.1 Å². The van der Waals surface area contributed by atoms with E-state index in [1.807, 2.05) is 66.1 Å². The molecule has 0 fully saturated rings. The zero-order valence-corrected chi connectivity index (χ0v) is 16.2. The highest BCUT2D eigenvalue weighted by Gasteiger charge is 2.19. The number of nitrogens with zero attached hydrogens (tertiary/aromatic N) is 2. The number of fused-ring (bicyclic) bond motifs is 1. The second kappa shape index (κ2) is 7.12. The highest BCUT2D eigenvalue weighted by molar-refractivity contribution is 5.88. The summed E-state index contributed by atoms with van der Waals surface area (Å²) in [5.41, 5.74) is 5.63. The van der Waals surface area contributed by atoms with E-state index in [1.54, 1.807) is 30.8 Å². The molecule has 0 aliphatic carbocycles. The molecule has 1 aliphatic heterocycles. The Morgan fingerprint density at radius 2 is 1.89 bits per heavy atom. The van der Waals surface area contributed by atoms with E-state index in [4.69, 9.17) is 8.22 Å². The minimum atomic E-state index is -2.30. The van der Waals surface area contributed by atoms with Gasteiger partial charge in [0.15, 0.2) is 0 Å². The average molecular weight is 373 g/mol. The summed E-state index contributed by atoms with van der Waals surface area (Å²) in [6, 6.07) is 17.0. The molecule has 140 valence electrons. The number of rotatable bonds is 2. The van der Waals surface area contributed by atoms with Crippen molar-refractivity contribution >= 4 is 11.3 Å². The SMILES string of the molecule is [2H]C([2H])([2H])C(=CC)C1=[C-][N+](=c2cc(-c3ccccc3)c(C([2H])([2H])[2H])cn2C)c2c(C)cccc21. The number of para-hydroxylation sites is 1. The van der Waals surface area contributed by atoms with E-state index < -0.39 is 13.7 Å². The first-order valence-electron chi connectivity index (χ1n) is 12.2. The van der Waals surface area contributed by atoms with E-state index in [2.05, 4.69) is 6.20 Å². The standard InChI is InChI=1S/C26H26N2/c1-6-18(2)24-17-28(26-19(3)11-10-14-22(24)26)25-15-23(20(4)16-27(25)5)21-12-8-7-9-13-21/h6-16H,1-5H3/i2D3,4D3. The van der Waals surface area contributed by atoms with Gasteiger partial charge in [-0.25, -0.2) is 0 Å². The van der Waals surface area contributed by atoms with Gasteiger partial charge in [-0.05, 0) is 36.0 Å². The highest BCUT2D eigenvalue weighted by Crippen LogP contribution is 2.37. The van der Waals surface area contributed by atoms with Crippen molar-refractivity contribution in [3.8, 4) is 11.1 Å². The van der Waals surface area contributed by atoms with Gasteiger partial charge >= 0.3 is 0 Å². The maximum absolute atomic E-state index is 8.09. The van der Waals surface area contributed by atoms with Crippen molar-refractivity contribution in [3.05, 3.63) is 101 Å². The fourth-order valence-electron chi connectivity index (χ4n) is 3.62. The Morgan fingerprint density at radius 3 is 2.61 bits per heavy atom. The summed E-state index contributed by atoms with van der Waals surface area (Å²) in [6.45, 7) is -0.913. The Balaban J connectivity index is 2.13. The van der Waals surface area contributed by atoms with Crippen LogP contribution >= 0.6 is 0 Å². The Morgan fingerprint density at radius 1 is 1.07 bits per heavy atom. The maximum atomic E-state index is 8.09. The third-order valence-electron chi connectivity index (χ3n) is 5.07. The van der Waals surface area contributed by atoms with Crippen LogP contribution in [0.2, 0.25) is 0 Å². The zero-order valence-electron chi connectivity index (χ0n) is 22.2. The van der Waals surface area contributed by atoms with Gasteiger partial charge in [0.1, 0.15) is 0 Å². The average Bonchev–Trinajstić information content (AvgIpc) is 3.13. The number of hydrogen-bond donors (Lipinski definition) is 0. The lowest BCUT2D eigenvalue weighted by molar-refractivity contribution is 0.755. The molecule has 0 radical (unpaired) electrons. The maximum Gasteiger partial charge on any atom is 0.223 e. The molecule has 2 heterocycles. The Kier molecular flexibility index (Phi) is 3.14. The fraction of sp³-hybridized carbons (Fsp3) is 0.192. The molecule has 0 saturated carbocycles. The third-order valence-corrected chi connectivity index (χ3v) is 5.07. The molecule has 4 rings (SSSR count). The number of aromatic nitrogens is 1. The fourth-order valence-corrected chi connectivity index (χ4v) is 3.62. The van der Waals surface area contributed by atoms with Gasteiger partial charge in [0, 0.05) is 20.0 Å². The molecule has 3 aromatic rings. The Hall–Kier alpha value is -3.13. The van der Waals surface area contributed by atoms with Crippen molar-refractivity contribution in [2.24, 2.45) is 7.05 Å². The molecule has 28 heavy (non-hydrogen) atoms. The highest BCUT2D eigenvalue weighted by atomic mass is 15.1. The van der Waals surface area contributed by atoms with Crippen LogP contribution in [0.1, 0.15) is 38.7 Å². The van der Waals surface area contributed by atoms with Crippen molar-refractivity contribution < 1.29 is 8.22 Å². The molecule has 0 atom stereocenters. The molecule has 0 spiro atoms. The van der Waals surface area contributed by atoms with Gasteiger partial charge in [-0.1, -0.05) is 73.4 Å². The summed E-state index contributed by atoms with van der Waals surface area (Å²) in [6.07, 6.45) is 6.55. The van der Waals surface area contributed by atoms with Gasteiger partial charge < -0.3 is 0 Å². The normalized spacial score (nSPS) is 19.5. The lowest BCUT2D eigenvalue weighted by Gasteiger charge is -2.14. The summed E-state index contributed by atoms with van der Waals surface area (Å²) in [5.74, 6) is 0. The van der Waals surface area contributed by atoms with Crippen molar-refractivity contribution in [3.63, 3.8) is 0 Å². The predicted octanol–water partition coefficient (Wildman–Crippen LogP) is 5.54. The number of pyridine rings is 1. The number of aryl methyl sites for hydroxylation is 3. The second-order valence-electron chi connectivity index (χ2n) is 6.93. The van der Waals surface area contributed by atoms with Crippen LogP contribution in [0, 0.1) is 20.0 Å². The summed E-state index contributed by atoms with van der Waals surface area (Å²) in [4.78, 5) is 0. The molecule has 0 bridgehead atoms. The quantitative estimate of drug-likeness (QED) is 0.412. The zero-order chi connectivity index (χ0) is 24.8. The first kappa shape index (κ1) is 12.4. The van der Waals surface area contributed by atoms with Crippen LogP contribution in [0.3, 0.4) is 0 Å². The van der Waals surface area contributed by atoms with Crippen LogP contribution in [0.4, 0.5) is 5.69 Å². The van der Waals surface area contributed by atoms with E-state index in [1.165, 1.54) is 0 Å². The Labute approximate surface area is 175 Å². The molecule has 0 saturated heterocycles. The molecule has 1 aromatic heterocycles. The third kappa shape index (κ3) is 2.95. The number of benzene rings is 2. The van der Waals surface area contributed by atoms with E-state index >= 15 is 0 Å². The first-order valence-corrected chi connectivity index (χ1v) is 9.24. The molecule has 0 unspecified atom stereocenters. The largest absolute Gasteiger partial charge is 0.298 e. The van der Waals surface area contributed by atoms with Crippen molar-refractivity contribution in [2.75, 3.05) is 0 Å². The molecule has 2 heteroatoms.